The van der Waals surface area contributed by atoms with E-state index in [-0.39, 0.29) is 10.5 Å². The van der Waals surface area contributed by atoms with Gasteiger partial charge in [-0.1, -0.05) is 5.92 Å². The van der Waals surface area contributed by atoms with E-state index in [2.05, 4.69) is 27.1 Å². The lowest BCUT2D eigenvalue weighted by molar-refractivity contribution is 0.602. The van der Waals surface area contributed by atoms with Crippen molar-refractivity contribution in [2.24, 2.45) is 7.05 Å². The van der Waals surface area contributed by atoms with Crippen molar-refractivity contribution < 1.29 is 8.42 Å². The highest BCUT2D eigenvalue weighted by atomic mass is 32.2. The number of hydrogen-bond donors (Lipinski definition) is 1. The summed E-state index contributed by atoms with van der Waals surface area (Å²) in [4.78, 5) is 20.6. The van der Waals surface area contributed by atoms with Crippen molar-refractivity contribution in [2.45, 2.75) is 4.90 Å². The summed E-state index contributed by atoms with van der Waals surface area (Å²) in [6, 6.07) is 13.3. The molecule has 7 nitrogen and oxygen atoms in total. The molecule has 31 heavy (non-hydrogen) atoms. The van der Waals surface area contributed by atoms with Gasteiger partial charge in [-0.3, -0.25) is 4.79 Å². The summed E-state index contributed by atoms with van der Waals surface area (Å²) in [5.41, 5.74) is 1.91. The quantitative estimate of drug-likeness (QED) is 0.503. The first-order chi connectivity index (χ1) is 14.8. The minimum Gasteiger partial charge on any atom is -0.340 e. The average Bonchev–Trinajstić information content (AvgIpc) is 2.74. The van der Waals surface area contributed by atoms with Crippen LogP contribution in [0.3, 0.4) is 0 Å². The van der Waals surface area contributed by atoms with Gasteiger partial charge in [-0.15, -0.1) is 0 Å². The standard InChI is InChI=1S/C23H18N4O3S/c1-27-15-16(4-10-23(27)28)3-9-21-20-13-22(25-14-17(20)11-12-24-21)26-18-5-7-19(8-6-18)31(2,29)30/h4-8,10-15H,1-2H3,(H,25,26). The van der Waals surface area contributed by atoms with Crippen LogP contribution in [-0.2, 0) is 16.9 Å². The van der Waals surface area contributed by atoms with Crippen molar-refractivity contribution in [3.8, 4) is 11.8 Å². The van der Waals surface area contributed by atoms with E-state index in [0.29, 0.717) is 22.8 Å². The molecule has 0 spiro atoms. The van der Waals surface area contributed by atoms with Gasteiger partial charge in [0.05, 0.1) is 4.90 Å². The van der Waals surface area contributed by atoms with E-state index in [4.69, 9.17) is 0 Å². The van der Waals surface area contributed by atoms with E-state index >= 15 is 0 Å². The predicted molar refractivity (Wildman–Crippen MR) is 120 cm³/mol. The second-order valence-corrected chi connectivity index (χ2v) is 9.00. The molecule has 1 aromatic carbocycles. The Hall–Kier alpha value is -3.96. The average molecular weight is 430 g/mol. The van der Waals surface area contributed by atoms with Crippen LogP contribution in [0.15, 0.2) is 76.8 Å². The first-order valence-corrected chi connectivity index (χ1v) is 11.2. The molecule has 0 aliphatic heterocycles. The van der Waals surface area contributed by atoms with Gasteiger partial charge in [0, 0.05) is 60.0 Å². The molecule has 0 fully saturated rings. The third-order valence-electron chi connectivity index (χ3n) is 4.61. The molecular formula is C23H18N4O3S. The fraction of sp³-hybridized carbons (Fsp3) is 0.0870. The van der Waals surface area contributed by atoms with Crippen LogP contribution in [-0.4, -0.2) is 29.2 Å². The number of hydrogen-bond acceptors (Lipinski definition) is 6. The smallest absolute Gasteiger partial charge is 0.250 e. The van der Waals surface area contributed by atoms with Gasteiger partial charge in [0.2, 0.25) is 5.56 Å². The number of pyridine rings is 3. The number of fused-ring (bicyclic) bond motifs is 1. The topological polar surface area (TPSA) is 93.9 Å². The van der Waals surface area contributed by atoms with Gasteiger partial charge in [-0.05, 0) is 48.4 Å². The Morgan fingerprint density at radius 1 is 1.00 bits per heavy atom. The van der Waals surface area contributed by atoms with E-state index < -0.39 is 9.84 Å². The molecule has 8 heteroatoms. The summed E-state index contributed by atoms with van der Waals surface area (Å²) >= 11 is 0. The number of rotatable bonds is 3. The number of nitrogens with zero attached hydrogens (tertiary/aromatic N) is 3. The van der Waals surface area contributed by atoms with Gasteiger partial charge in [-0.25, -0.2) is 18.4 Å². The Morgan fingerprint density at radius 3 is 2.48 bits per heavy atom. The Balaban J connectivity index is 1.67. The number of nitrogens with one attached hydrogen (secondary N) is 1. The highest BCUT2D eigenvalue weighted by molar-refractivity contribution is 7.90. The third-order valence-corrected chi connectivity index (χ3v) is 5.74. The molecule has 4 aromatic rings. The van der Waals surface area contributed by atoms with Crippen molar-refractivity contribution in [1.82, 2.24) is 14.5 Å². The summed E-state index contributed by atoms with van der Waals surface area (Å²) in [5, 5.41) is 4.88. The molecule has 0 bridgehead atoms. The van der Waals surface area contributed by atoms with Gasteiger partial charge >= 0.3 is 0 Å². The van der Waals surface area contributed by atoms with Gasteiger partial charge < -0.3 is 9.88 Å². The number of sulfone groups is 1. The molecule has 4 rings (SSSR count). The van der Waals surface area contributed by atoms with E-state index in [1.165, 1.54) is 16.9 Å². The summed E-state index contributed by atoms with van der Waals surface area (Å²) in [7, 11) is -1.57. The van der Waals surface area contributed by atoms with Crippen LogP contribution in [0.25, 0.3) is 10.8 Å². The van der Waals surface area contributed by atoms with E-state index in [9.17, 15) is 13.2 Å². The SMILES string of the molecule is Cn1cc(C#Cc2nccc3cnc(Nc4ccc(S(C)(=O)=O)cc4)cc23)ccc1=O. The lowest BCUT2D eigenvalue weighted by atomic mass is 10.1. The van der Waals surface area contributed by atoms with Crippen molar-refractivity contribution in [3.63, 3.8) is 0 Å². The Kier molecular flexibility index (Phi) is 5.28. The van der Waals surface area contributed by atoms with Gasteiger partial charge in [-0.2, -0.15) is 0 Å². The first kappa shape index (κ1) is 20.3. The molecule has 0 unspecified atom stereocenters. The van der Waals surface area contributed by atoms with Crippen molar-refractivity contribution in [2.75, 3.05) is 11.6 Å². The van der Waals surface area contributed by atoms with Crippen molar-refractivity contribution in [3.05, 3.63) is 88.7 Å². The predicted octanol–water partition coefficient (Wildman–Crippen LogP) is 2.88. The monoisotopic (exact) mass is 430 g/mol. The molecule has 0 saturated carbocycles. The third kappa shape index (κ3) is 4.63. The molecule has 0 aliphatic rings. The zero-order chi connectivity index (χ0) is 22.0. The van der Waals surface area contributed by atoms with E-state index in [1.54, 1.807) is 56.0 Å². The largest absolute Gasteiger partial charge is 0.340 e. The van der Waals surface area contributed by atoms with Crippen LogP contribution in [0.5, 0.6) is 0 Å². The molecular weight excluding hydrogens is 412 g/mol. The highest BCUT2D eigenvalue weighted by Gasteiger charge is 2.07. The number of aromatic nitrogens is 3. The van der Waals surface area contributed by atoms with Crippen LogP contribution in [0, 0.1) is 11.8 Å². The molecule has 0 radical (unpaired) electrons. The number of benzene rings is 1. The Bertz CT molecular complexity index is 1510. The second kappa shape index (κ2) is 8.05. The Morgan fingerprint density at radius 2 is 1.77 bits per heavy atom. The van der Waals surface area contributed by atoms with Gasteiger partial charge in [0.25, 0.3) is 0 Å². The van der Waals surface area contributed by atoms with E-state index in [1.807, 2.05) is 12.1 Å². The van der Waals surface area contributed by atoms with Crippen LogP contribution in [0.4, 0.5) is 11.5 Å². The molecule has 3 heterocycles. The summed E-state index contributed by atoms with van der Waals surface area (Å²) < 4.78 is 24.7. The van der Waals surface area contributed by atoms with Crippen LogP contribution >= 0.6 is 0 Å². The number of anilines is 2. The van der Waals surface area contributed by atoms with Gasteiger partial charge in [0.1, 0.15) is 11.5 Å². The van der Waals surface area contributed by atoms with Crippen molar-refractivity contribution in [1.29, 1.82) is 0 Å². The maximum absolute atomic E-state index is 11.6. The zero-order valence-electron chi connectivity index (χ0n) is 16.8. The Labute approximate surface area is 179 Å². The summed E-state index contributed by atoms with van der Waals surface area (Å²) in [6.45, 7) is 0. The first-order valence-electron chi connectivity index (χ1n) is 9.30. The second-order valence-electron chi connectivity index (χ2n) is 6.99. The van der Waals surface area contributed by atoms with Crippen molar-refractivity contribution >= 4 is 32.1 Å². The summed E-state index contributed by atoms with van der Waals surface area (Å²) in [6.07, 6.45) is 6.24. The van der Waals surface area contributed by atoms with Crippen LogP contribution in [0.2, 0.25) is 0 Å². The van der Waals surface area contributed by atoms with E-state index in [0.717, 1.165) is 10.8 Å². The fourth-order valence-corrected chi connectivity index (χ4v) is 3.60. The molecule has 0 aliphatic carbocycles. The molecule has 154 valence electrons. The molecule has 1 N–H and O–H groups in total. The molecule has 3 aromatic heterocycles. The van der Waals surface area contributed by atoms with Gasteiger partial charge in [0.15, 0.2) is 9.84 Å². The maximum atomic E-state index is 11.6. The maximum Gasteiger partial charge on any atom is 0.250 e. The lowest BCUT2D eigenvalue weighted by Crippen LogP contribution is -2.14. The fourth-order valence-electron chi connectivity index (χ4n) is 2.97. The molecule has 0 atom stereocenters. The zero-order valence-corrected chi connectivity index (χ0v) is 17.6. The number of aryl methyl sites for hydroxylation is 1. The summed E-state index contributed by atoms with van der Waals surface area (Å²) in [5.74, 6) is 6.69. The lowest BCUT2D eigenvalue weighted by Gasteiger charge is -2.08. The minimum atomic E-state index is -3.25. The van der Waals surface area contributed by atoms with Crippen LogP contribution in [0.1, 0.15) is 11.3 Å². The van der Waals surface area contributed by atoms with Crippen LogP contribution < -0.4 is 10.9 Å². The molecule has 0 amide bonds. The highest BCUT2D eigenvalue weighted by Crippen LogP contribution is 2.22. The normalized spacial score (nSPS) is 11.0. The molecule has 0 saturated heterocycles. The minimum absolute atomic E-state index is 0.0970.